The largest absolute Gasteiger partial charge is 0.478 e. The van der Waals surface area contributed by atoms with Gasteiger partial charge in [-0.3, -0.25) is 4.68 Å². The molecule has 0 radical (unpaired) electrons. The van der Waals surface area contributed by atoms with Crippen LogP contribution in [0.15, 0.2) is 42.7 Å². The molecule has 2 N–H and O–H groups in total. The lowest BCUT2D eigenvalue weighted by molar-refractivity contribution is 0.0699. The van der Waals surface area contributed by atoms with Gasteiger partial charge in [0.2, 0.25) is 0 Å². The first-order chi connectivity index (χ1) is 9.63. The van der Waals surface area contributed by atoms with Crippen LogP contribution in [-0.4, -0.2) is 25.8 Å². The van der Waals surface area contributed by atoms with Crippen LogP contribution in [0.1, 0.15) is 10.4 Å². The number of nitrogens with one attached hydrogen (secondary N) is 1. The fraction of sp³-hybridized carbons (Fsp3) is 0.0714. The van der Waals surface area contributed by atoms with Gasteiger partial charge in [0.05, 0.1) is 23.0 Å². The van der Waals surface area contributed by atoms with E-state index in [1.165, 1.54) is 0 Å². The number of carbonyl (C=O) groups is 1. The van der Waals surface area contributed by atoms with Crippen molar-refractivity contribution >= 4 is 28.4 Å². The second kappa shape index (κ2) is 4.65. The van der Waals surface area contributed by atoms with E-state index in [2.05, 4.69) is 15.4 Å². The molecular weight excluding hydrogens is 256 g/mol. The predicted molar refractivity (Wildman–Crippen MR) is 75.2 cm³/mol. The van der Waals surface area contributed by atoms with Crippen LogP contribution in [0.2, 0.25) is 0 Å². The number of carboxylic acid groups (broad SMARTS) is 1. The van der Waals surface area contributed by atoms with E-state index in [1.54, 1.807) is 41.2 Å². The summed E-state index contributed by atoms with van der Waals surface area (Å²) in [6.07, 6.45) is 3.53. The lowest BCUT2D eigenvalue weighted by Gasteiger charge is -2.06. The molecule has 0 amide bonds. The zero-order valence-electron chi connectivity index (χ0n) is 10.7. The van der Waals surface area contributed by atoms with Crippen LogP contribution in [0.4, 0.5) is 11.5 Å². The number of benzene rings is 1. The zero-order valence-corrected chi connectivity index (χ0v) is 10.7. The number of fused-ring (bicyclic) bond motifs is 1. The van der Waals surface area contributed by atoms with Crippen LogP contribution in [0.25, 0.3) is 10.9 Å². The van der Waals surface area contributed by atoms with Gasteiger partial charge in [-0.15, -0.1) is 0 Å². The van der Waals surface area contributed by atoms with Crippen LogP contribution in [0.3, 0.4) is 0 Å². The highest BCUT2D eigenvalue weighted by molar-refractivity contribution is 6.02. The molecule has 0 saturated heterocycles. The first-order valence-corrected chi connectivity index (χ1v) is 6.02. The van der Waals surface area contributed by atoms with Gasteiger partial charge in [0, 0.05) is 18.6 Å². The standard InChI is InChI=1S/C14H12N4O2/c1-18-8-9(7-15-18)16-13-6-5-10-11(14(19)20)3-2-4-12(10)17-13/h2-8H,1H3,(H,16,17)(H,19,20). The molecule has 20 heavy (non-hydrogen) atoms. The molecule has 0 aliphatic rings. The summed E-state index contributed by atoms with van der Waals surface area (Å²) >= 11 is 0. The topological polar surface area (TPSA) is 80.0 Å². The molecule has 0 aliphatic heterocycles. The molecule has 6 heteroatoms. The van der Waals surface area contributed by atoms with E-state index in [1.807, 2.05) is 13.2 Å². The highest BCUT2D eigenvalue weighted by Gasteiger charge is 2.09. The number of rotatable bonds is 3. The second-order valence-corrected chi connectivity index (χ2v) is 4.40. The number of aryl methyl sites for hydroxylation is 1. The lowest BCUT2D eigenvalue weighted by atomic mass is 10.1. The summed E-state index contributed by atoms with van der Waals surface area (Å²) in [4.78, 5) is 15.6. The van der Waals surface area contributed by atoms with Crippen molar-refractivity contribution in [2.24, 2.45) is 7.05 Å². The number of anilines is 2. The number of carboxylic acids is 1. The van der Waals surface area contributed by atoms with Gasteiger partial charge in [0.1, 0.15) is 5.82 Å². The van der Waals surface area contributed by atoms with Gasteiger partial charge < -0.3 is 10.4 Å². The predicted octanol–water partition coefficient (Wildman–Crippen LogP) is 2.41. The summed E-state index contributed by atoms with van der Waals surface area (Å²) in [6, 6.07) is 8.55. The van der Waals surface area contributed by atoms with Gasteiger partial charge in [-0.2, -0.15) is 5.10 Å². The molecular formula is C14H12N4O2. The first kappa shape index (κ1) is 12.2. The summed E-state index contributed by atoms with van der Waals surface area (Å²) in [7, 11) is 1.83. The molecule has 0 atom stereocenters. The molecule has 100 valence electrons. The maximum Gasteiger partial charge on any atom is 0.336 e. The SMILES string of the molecule is Cn1cc(Nc2ccc3c(C(=O)O)cccc3n2)cn1. The normalized spacial score (nSPS) is 10.7. The first-order valence-electron chi connectivity index (χ1n) is 6.02. The summed E-state index contributed by atoms with van der Waals surface area (Å²) in [5.41, 5.74) is 1.72. The summed E-state index contributed by atoms with van der Waals surface area (Å²) in [6.45, 7) is 0. The molecule has 1 aromatic carbocycles. The Labute approximate surface area is 114 Å². The average Bonchev–Trinajstić information content (AvgIpc) is 2.83. The van der Waals surface area contributed by atoms with Crippen molar-refractivity contribution in [2.75, 3.05) is 5.32 Å². The van der Waals surface area contributed by atoms with Crippen molar-refractivity contribution in [3.05, 3.63) is 48.3 Å². The van der Waals surface area contributed by atoms with Crippen molar-refractivity contribution in [1.29, 1.82) is 0 Å². The van der Waals surface area contributed by atoms with Crippen molar-refractivity contribution in [3.8, 4) is 0 Å². The molecule has 0 fully saturated rings. The maximum atomic E-state index is 11.1. The van der Waals surface area contributed by atoms with Crippen molar-refractivity contribution in [1.82, 2.24) is 14.8 Å². The smallest absolute Gasteiger partial charge is 0.336 e. The Morgan fingerprint density at radius 1 is 1.30 bits per heavy atom. The third-order valence-corrected chi connectivity index (χ3v) is 2.94. The fourth-order valence-electron chi connectivity index (χ4n) is 2.04. The van der Waals surface area contributed by atoms with E-state index in [-0.39, 0.29) is 5.56 Å². The number of aromatic nitrogens is 3. The number of hydrogen-bond donors (Lipinski definition) is 2. The summed E-state index contributed by atoms with van der Waals surface area (Å²) in [5.74, 6) is -0.307. The molecule has 2 heterocycles. The molecule has 0 saturated carbocycles. The van der Waals surface area contributed by atoms with Crippen molar-refractivity contribution in [3.63, 3.8) is 0 Å². The van der Waals surface area contributed by atoms with Gasteiger partial charge in [0.15, 0.2) is 0 Å². The molecule has 2 aromatic heterocycles. The molecule has 6 nitrogen and oxygen atoms in total. The van der Waals surface area contributed by atoms with E-state index in [9.17, 15) is 4.79 Å². The van der Waals surface area contributed by atoms with E-state index in [0.29, 0.717) is 16.7 Å². The number of nitrogens with zero attached hydrogens (tertiary/aromatic N) is 3. The Morgan fingerprint density at radius 2 is 2.15 bits per heavy atom. The minimum atomic E-state index is -0.953. The second-order valence-electron chi connectivity index (χ2n) is 4.40. The van der Waals surface area contributed by atoms with E-state index in [0.717, 1.165) is 5.69 Å². The van der Waals surface area contributed by atoms with Crippen LogP contribution in [0.5, 0.6) is 0 Å². The van der Waals surface area contributed by atoms with Gasteiger partial charge in [-0.1, -0.05) is 6.07 Å². The van der Waals surface area contributed by atoms with Crippen molar-refractivity contribution < 1.29 is 9.90 Å². The van der Waals surface area contributed by atoms with Crippen LogP contribution in [0, 0.1) is 0 Å². The Morgan fingerprint density at radius 3 is 2.85 bits per heavy atom. The molecule has 3 rings (SSSR count). The zero-order chi connectivity index (χ0) is 14.1. The summed E-state index contributed by atoms with van der Waals surface area (Å²) in [5, 5.41) is 16.9. The van der Waals surface area contributed by atoms with E-state index >= 15 is 0 Å². The lowest BCUT2D eigenvalue weighted by Crippen LogP contribution is -1.99. The Balaban J connectivity index is 2.01. The Bertz CT molecular complexity index is 795. The number of hydrogen-bond acceptors (Lipinski definition) is 4. The average molecular weight is 268 g/mol. The third-order valence-electron chi connectivity index (χ3n) is 2.94. The third kappa shape index (κ3) is 2.18. The highest BCUT2D eigenvalue weighted by atomic mass is 16.4. The summed E-state index contributed by atoms with van der Waals surface area (Å²) < 4.78 is 1.69. The van der Waals surface area contributed by atoms with Crippen LogP contribution < -0.4 is 5.32 Å². The maximum absolute atomic E-state index is 11.1. The van der Waals surface area contributed by atoms with Gasteiger partial charge in [-0.05, 0) is 24.3 Å². The van der Waals surface area contributed by atoms with E-state index < -0.39 is 5.97 Å². The highest BCUT2D eigenvalue weighted by Crippen LogP contribution is 2.21. The molecule has 0 spiro atoms. The van der Waals surface area contributed by atoms with Crippen LogP contribution in [-0.2, 0) is 7.05 Å². The quantitative estimate of drug-likeness (QED) is 0.762. The molecule has 0 unspecified atom stereocenters. The number of pyridine rings is 1. The van der Waals surface area contributed by atoms with Gasteiger partial charge >= 0.3 is 5.97 Å². The van der Waals surface area contributed by atoms with Gasteiger partial charge in [0.25, 0.3) is 0 Å². The Kier molecular flexibility index (Phi) is 2.83. The monoisotopic (exact) mass is 268 g/mol. The van der Waals surface area contributed by atoms with Crippen LogP contribution >= 0.6 is 0 Å². The van der Waals surface area contributed by atoms with E-state index in [4.69, 9.17) is 5.11 Å². The Hall–Kier alpha value is -2.89. The fourth-order valence-corrected chi connectivity index (χ4v) is 2.04. The molecule has 3 aromatic rings. The minimum Gasteiger partial charge on any atom is -0.478 e. The molecule has 0 bridgehead atoms. The van der Waals surface area contributed by atoms with Crippen molar-refractivity contribution in [2.45, 2.75) is 0 Å². The minimum absolute atomic E-state index is 0.253. The molecule has 0 aliphatic carbocycles. The number of aromatic carboxylic acids is 1. The van der Waals surface area contributed by atoms with Gasteiger partial charge in [-0.25, -0.2) is 9.78 Å².